The lowest BCUT2D eigenvalue weighted by Crippen LogP contribution is -2.39. The number of rotatable bonds is 8. The topological polar surface area (TPSA) is 66.4 Å². The van der Waals surface area contributed by atoms with Crippen molar-refractivity contribution in [2.75, 3.05) is 6.61 Å². The van der Waals surface area contributed by atoms with Crippen LogP contribution in [0.1, 0.15) is 43.5 Å². The molecule has 0 radical (unpaired) electrons. The highest BCUT2D eigenvalue weighted by Crippen LogP contribution is 2.09. The average molecular weight is 295 g/mol. The minimum absolute atomic E-state index is 0.0115. The summed E-state index contributed by atoms with van der Waals surface area (Å²) in [5, 5.41) is 11.8. The fourth-order valence-electron chi connectivity index (χ4n) is 2.00. The SMILES string of the molecule is CC(C)C(CCO)NC(=O)CCC(=O)c1ccc(F)cc1. The van der Waals surface area contributed by atoms with Crippen molar-refractivity contribution in [3.8, 4) is 0 Å². The first-order valence-corrected chi connectivity index (χ1v) is 7.13. The Morgan fingerprint density at radius 3 is 2.33 bits per heavy atom. The highest BCUT2D eigenvalue weighted by atomic mass is 19.1. The molecule has 0 aliphatic heterocycles. The first-order valence-electron chi connectivity index (χ1n) is 7.13. The molecule has 1 aromatic rings. The highest BCUT2D eigenvalue weighted by Gasteiger charge is 2.16. The summed E-state index contributed by atoms with van der Waals surface area (Å²) in [5.74, 6) is -0.576. The van der Waals surface area contributed by atoms with Gasteiger partial charge in [-0.2, -0.15) is 0 Å². The molecular weight excluding hydrogens is 273 g/mol. The molecule has 1 amide bonds. The molecule has 0 saturated carbocycles. The van der Waals surface area contributed by atoms with Crippen molar-refractivity contribution in [1.82, 2.24) is 5.32 Å². The third kappa shape index (κ3) is 6.04. The molecule has 21 heavy (non-hydrogen) atoms. The molecule has 1 unspecified atom stereocenters. The lowest BCUT2D eigenvalue weighted by Gasteiger charge is -2.21. The van der Waals surface area contributed by atoms with Gasteiger partial charge in [0.2, 0.25) is 5.91 Å². The molecule has 5 heteroatoms. The zero-order valence-electron chi connectivity index (χ0n) is 12.4. The van der Waals surface area contributed by atoms with Gasteiger partial charge in [-0.3, -0.25) is 9.59 Å². The van der Waals surface area contributed by atoms with E-state index in [0.29, 0.717) is 12.0 Å². The first-order chi connectivity index (χ1) is 9.93. The molecule has 0 aliphatic carbocycles. The van der Waals surface area contributed by atoms with E-state index in [4.69, 9.17) is 5.11 Å². The zero-order valence-corrected chi connectivity index (χ0v) is 12.4. The zero-order chi connectivity index (χ0) is 15.8. The number of hydrogen-bond donors (Lipinski definition) is 2. The second-order valence-corrected chi connectivity index (χ2v) is 5.36. The minimum atomic E-state index is -0.395. The fraction of sp³-hybridized carbons (Fsp3) is 0.500. The molecule has 1 rings (SSSR count). The number of carbonyl (C=O) groups is 2. The highest BCUT2D eigenvalue weighted by molar-refractivity contribution is 5.97. The number of halogens is 1. The van der Waals surface area contributed by atoms with Crippen molar-refractivity contribution >= 4 is 11.7 Å². The van der Waals surface area contributed by atoms with E-state index in [0.717, 1.165) is 0 Å². The molecule has 0 heterocycles. The number of aliphatic hydroxyl groups is 1. The average Bonchev–Trinajstić information content (AvgIpc) is 2.45. The van der Waals surface area contributed by atoms with Crippen LogP contribution in [0.5, 0.6) is 0 Å². The van der Waals surface area contributed by atoms with E-state index in [1.54, 1.807) is 0 Å². The van der Waals surface area contributed by atoms with Gasteiger partial charge >= 0.3 is 0 Å². The number of nitrogens with one attached hydrogen (secondary N) is 1. The Morgan fingerprint density at radius 1 is 1.19 bits per heavy atom. The van der Waals surface area contributed by atoms with Crippen LogP contribution in [0, 0.1) is 11.7 Å². The summed E-state index contributed by atoms with van der Waals surface area (Å²) in [6.07, 6.45) is 0.668. The van der Waals surface area contributed by atoms with Crippen LogP contribution in [0.3, 0.4) is 0 Å². The second-order valence-electron chi connectivity index (χ2n) is 5.36. The second kappa shape index (κ2) is 8.52. The fourth-order valence-corrected chi connectivity index (χ4v) is 2.00. The summed E-state index contributed by atoms with van der Waals surface area (Å²) < 4.78 is 12.8. The van der Waals surface area contributed by atoms with Crippen molar-refractivity contribution in [1.29, 1.82) is 0 Å². The van der Waals surface area contributed by atoms with Crippen LogP contribution in [0.15, 0.2) is 24.3 Å². The molecule has 0 aromatic heterocycles. The number of hydrogen-bond acceptors (Lipinski definition) is 3. The maximum Gasteiger partial charge on any atom is 0.220 e. The summed E-state index contributed by atoms with van der Waals surface area (Å²) >= 11 is 0. The summed E-state index contributed by atoms with van der Waals surface area (Å²) in [6.45, 7) is 3.94. The number of ketones is 1. The monoisotopic (exact) mass is 295 g/mol. The Morgan fingerprint density at radius 2 is 1.81 bits per heavy atom. The Kier molecular flexibility index (Phi) is 7.02. The molecule has 1 atom stereocenters. The minimum Gasteiger partial charge on any atom is -0.396 e. The van der Waals surface area contributed by atoms with Gasteiger partial charge in [0.1, 0.15) is 5.82 Å². The summed E-state index contributed by atoms with van der Waals surface area (Å²) in [5.41, 5.74) is 0.403. The quantitative estimate of drug-likeness (QED) is 0.723. The predicted molar refractivity (Wildman–Crippen MR) is 78.4 cm³/mol. The summed E-state index contributed by atoms with van der Waals surface area (Å²) in [7, 11) is 0. The van der Waals surface area contributed by atoms with Gasteiger partial charge in [-0.25, -0.2) is 4.39 Å². The number of amides is 1. The lowest BCUT2D eigenvalue weighted by atomic mass is 10.0. The standard InChI is InChI=1S/C16H22FNO3/c1-11(2)14(9-10-19)18-16(21)8-7-15(20)12-3-5-13(17)6-4-12/h3-6,11,14,19H,7-10H2,1-2H3,(H,18,21). The van der Waals surface area contributed by atoms with Crippen LogP contribution in [0.2, 0.25) is 0 Å². The summed E-state index contributed by atoms with van der Waals surface area (Å²) in [6, 6.07) is 5.19. The molecule has 4 nitrogen and oxygen atoms in total. The Bertz CT molecular complexity index is 471. The van der Waals surface area contributed by atoms with Crippen molar-refractivity contribution in [2.24, 2.45) is 5.92 Å². The maximum absolute atomic E-state index is 12.8. The number of Topliss-reactive ketones (excluding diaryl/α,β-unsaturated/α-hetero) is 1. The van der Waals surface area contributed by atoms with Gasteiger partial charge in [-0.05, 0) is 36.6 Å². The summed E-state index contributed by atoms with van der Waals surface area (Å²) in [4.78, 5) is 23.7. The molecule has 0 bridgehead atoms. The van der Waals surface area contributed by atoms with Crippen LogP contribution in [0.4, 0.5) is 4.39 Å². The van der Waals surface area contributed by atoms with E-state index in [9.17, 15) is 14.0 Å². The van der Waals surface area contributed by atoms with Gasteiger partial charge < -0.3 is 10.4 Å². The Hall–Kier alpha value is -1.75. The van der Waals surface area contributed by atoms with Gasteiger partial charge in [-0.15, -0.1) is 0 Å². The smallest absolute Gasteiger partial charge is 0.220 e. The normalized spacial score (nSPS) is 12.2. The van der Waals surface area contributed by atoms with E-state index in [1.165, 1.54) is 24.3 Å². The number of carbonyl (C=O) groups excluding carboxylic acids is 2. The third-order valence-corrected chi connectivity index (χ3v) is 3.34. The molecule has 0 saturated heterocycles. The molecule has 0 fully saturated rings. The lowest BCUT2D eigenvalue weighted by molar-refractivity contribution is -0.122. The van der Waals surface area contributed by atoms with Gasteiger partial charge in [0.15, 0.2) is 5.78 Å². The van der Waals surface area contributed by atoms with Crippen LogP contribution in [-0.2, 0) is 4.79 Å². The van der Waals surface area contributed by atoms with E-state index in [1.807, 2.05) is 13.8 Å². The van der Waals surface area contributed by atoms with Gasteiger partial charge in [-0.1, -0.05) is 13.8 Å². The van der Waals surface area contributed by atoms with Crippen LogP contribution in [0.25, 0.3) is 0 Å². The largest absolute Gasteiger partial charge is 0.396 e. The van der Waals surface area contributed by atoms with E-state index in [-0.39, 0.29) is 43.1 Å². The van der Waals surface area contributed by atoms with Crippen LogP contribution >= 0.6 is 0 Å². The molecule has 0 spiro atoms. The Balaban J connectivity index is 2.45. The van der Waals surface area contributed by atoms with Gasteiger partial charge in [0.25, 0.3) is 0 Å². The van der Waals surface area contributed by atoms with Gasteiger partial charge in [0, 0.05) is 31.1 Å². The molecule has 1 aromatic carbocycles. The van der Waals surface area contributed by atoms with Crippen molar-refractivity contribution < 1.29 is 19.1 Å². The molecule has 2 N–H and O–H groups in total. The number of aliphatic hydroxyl groups excluding tert-OH is 1. The van der Waals surface area contributed by atoms with E-state index in [2.05, 4.69) is 5.32 Å². The predicted octanol–water partition coefficient (Wildman–Crippen LogP) is 2.31. The molecular formula is C16H22FNO3. The number of benzene rings is 1. The van der Waals surface area contributed by atoms with E-state index >= 15 is 0 Å². The maximum atomic E-state index is 12.8. The molecule has 116 valence electrons. The molecule has 0 aliphatic rings. The third-order valence-electron chi connectivity index (χ3n) is 3.34. The van der Waals surface area contributed by atoms with Crippen molar-refractivity contribution in [2.45, 2.75) is 39.2 Å². The van der Waals surface area contributed by atoms with Crippen molar-refractivity contribution in [3.05, 3.63) is 35.6 Å². The van der Waals surface area contributed by atoms with Crippen LogP contribution < -0.4 is 5.32 Å². The first kappa shape index (κ1) is 17.3. The van der Waals surface area contributed by atoms with Crippen LogP contribution in [-0.4, -0.2) is 29.4 Å². The van der Waals surface area contributed by atoms with Gasteiger partial charge in [0.05, 0.1) is 0 Å². The Labute approximate surface area is 124 Å². The van der Waals surface area contributed by atoms with E-state index < -0.39 is 5.82 Å². The van der Waals surface area contributed by atoms with Crippen molar-refractivity contribution in [3.63, 3.8) is 0 Å².